The van der Waals surface area contributed by atoms with Crippen LogP contribution in [0.25, 0.3) is 0 Å². The molecule has 1 saturated heterocycles. The molecule has 36 heavy (non-hydrogen) atoms. The fourth-order valence-corrected chi connectivity index (χ4v) is 4.96. The maximum absolute atomic E-state index is 13.3. The topological polar surface area (TPSA) is 157 Å². The molecule has 0 aromatic heterocycles. The molecule has 1 aliphatic heterocycles. The number of rotatable bonds is 10. The number of amides is 2. The average Bonchev–Trinajstić information content (AvgIpc) is 3.13. The fourth-order valence-electron chi connectivity index (χ4n) is 3.73. The van der Waals surface area contributed by atoms with Gasteiger partial charge < -0.3 is 10.1 Å². The summed E-state index contributed by atoms with van der Waals surface area (Å²) >= 11 is 1.04. The molecule has 1 aliphatic rings. The number of hydrogen-bond acceptors (Lipinski definition) is 9. The highest BCUT2D eigenvalue weighted by atomic mass is 32.2. The van der Waals surface area contributed by atoms with E-state index in [1.165, 1.54) is 48.4 Å². The third kappa shape index (κ3) is 5.97. The third-order valence-electron chi connectivity index (χ3n) is 5.45. The zero-order valence-electron chi connectivity index (χ0n) is 19.9. The van der Waals surface area contributed by atoms with Crippen molar-refractivity contribution in [3.05, 3.63) is 62.7 Å². The van der Waals surface area contributed by atoms with Crippen molar-refractivity contribution in [2.45, 2.75) is 44.4 Å². The summed E-state index contributed by atoms with van der Waals surface area (Å²) in [4.78, 5) is 53.6. The molecule has 1 fully saturated rings. The Balaban J connectivity index is 1.86. The molecule has 0 saturated carbocycles. The minimum atomic E-state index is -0.844. The van der Waals surface area contributed by atoms with E-state index < -0.39 is 21.0 Å². The second-order valence-electron chi connectivity index (χ2n) is 7.99. The Hall–Kier alpha value is -4.00. The van der Waals surface area contributed by atoms with E-state index in [0.717, 1.165) is 18.2 Å². The number of nitrogens with zero attached hydrogens (tertiary/aromatic N) is 4. The molecular weight excluding hydrogens is 490 g/mol. The van der Waals surface area contributed by atoms with Gasteiger partial charge in [0.25, 0.3) is 11.4 Å². The summed E-state index contributed by atoms with van der Waals surface area (Å²) in [6.07, 6.45) is 1.19. The Kier molecular flexibility index (Phi) is 8.59. The molecule has 0 bridgehead atoms. The number of nitrogens with one attached hydrogen (secondary N) is 1. The molecule has 2 aromatic carbocycles. The van der Waals surface area contributed by atoms with Crippen LogP contribution in [0.3, 0.4) is 0 Å². The highest BCUT2D eigenvalue weighted by Gasteiger charge is 2.41. The van der Waals surface area contributed by atoms with E-state index in [1.54, 1.807) is 6.07 Å². The van der Waals surface area contributed by atoms with E-state index in [4.69, 9.17) is 4.74 Å². The van der Waals surface area contributed by atoms with E-state index in [9.17, 15) is 29.8 Å². The molecule has 1 heterocycles. The molecule has 12 nitrogen and oxygen atoms in total. The zero-order chi connectivity index (χ0) is 26.4. The normalized spacial score (nSPS) is 17.2. The summed E-state index contributed by atoms with van der Waals surface area (Å²) in [5.41, 5.74) is -0.462. The van der Waals surface area contributed by atoms with Crippen LogP contribution in [0.4, 0.5) is 22.7 Å². The number of para-hydroxylation sites is 2. The van der Waals surface area contributed by atoms with Crippen molar-refractivity contribution in [3.63, 3.8) is 0 Å². The summed E-state index contributed by atoms with van der Waals surface area (Å²) in [6.45, 7) is 3.82. The van der Waals surface area contributed by atoms with Crippen molar-refractivity contribution >= 4 is 51.5 Å². The van der Waals surface area contributed by atoms with E-state index in [1.807, 2.05) is 13.8 Å². The molecule has 190 valence electrons. The molecule has 2 unspecified atom stereocenters. The number of ether oxygens (including phenoxy) is 1. The lowest BCUT2D eigenvalue weighted by molar-refractivity contribution is -0.384. The van der Waals surface area contributed by atoms with Gasteiger partial charge in [0.15, 0.2) is 5.17 Å². The Morgan fingerprint density at radius 3 is 2.53 bits per heavy atom. The van der Waals surface area contributed by atoms with E-state index in [0.29, 0.717) is 6.42 Å². The maximum Gasteiger partial charge on any atom is 0.296 e. The number of anilines is 1. The molecule has 3 rings (SSSR count). The number of carbonyl (C=O) groups excluding carboxylic acids is 2. The van der Waals surface area contributed by atoms with Crippen molar-refractivity contribution in [2.75, 3.05) is 12.4 Å². The zero-order valence-corrected chi connectivity index (χ0v) is 20.7. The van der Waals surface area contributed by atoms with Gasteiger partial charge in [0, 0.05) is 18.5 Å². The number of benzene rings is 2. The Labute approximate surface area is 211 Å². The molecule has 0 radical (unpaired) electrons. The Morgan fingerprint density at radius 2 is 1.89 bits per heavy atom. The average molecular weight is 516 g/mol. The lowest BCUT2D eigenvalue weighted by Crippen LogP contribution is -2.40. The van der Waals surface area contributed by atoms with Crippen LogP contribution in [0.2, 0.25) is 0 Å². The van der Waals surface area contributed by atoms with Gasteiger partial charge >= 0.3 is 0 Å². The lowest BCUT2D eigenvalue weighted by atomic mass is 10.1. The van der Waals surface area contributed by atoms with Crippen molar-refractivity contribution < 1.29 is 24.2 Å². The van der Waals surface area contributed by atoms with Crippen LogP contribution in [0.1, 0.15) is 33.1 Å². The van der Waals surface area contributed by atoms with Gasteiger partial charge in [0.05, 0.1) is 23.0 Å². The van der Waals surface area contributed by atoms with Crippen LogP contribution in [0.5, 0.6) is 5.75 Å². The van der Waals surface area contributed by atoms with Gasteiger partial charge in [-0.1, -0.05) is 37.2 Å². The standard InChI is InChI=1S/C23H25N5O7S/c1-4-7-14(2)26-22(30)20(36-23(26)25-16-8-5-6-9-18(16)27(31)32)13-21(29)24-17-11-10-15(35-3)12-19(17)28(33)34/h5-6,8-12,14,20H,4,7,13H2,1-3H3,(H,24,29). The number of methoxy groups -OCH3 is 1. The lowest BCUT2D eigenvalue weighted by Gasteiger charge is -2.24. The van der Waals surface area contributed by atoms with Gasteiger partial charge in [-0.3, -0.25) is 34.7 Å². The monoisotopic (exact) mass is 515 g/mol. The minimum Gasteiger partial charge on any atom is -0.496 e. The summed E-state index contributed by atoms with van der Waals surface area (Å²) in [5, 5.41) is 24.7. The van der Waals surface area contributed by atoms with Crippen molar-refractivity contribution in [1.29, 1.82) is 0 Å². The second-order valence-corrected chi connectivity index (χ2v) is 9.16. The first-order valence-electron chi connectivity index (χ1n) is 11.1. The van der Waals surface area contributed by atoms with Crippen molar-refractivity contribution in [3.8, 4) is 5.75 Å². The maximum atomic E-state index is 13.3. The smallest absolute Gasteiger partial charge is 0.296 e. The molecule has 0 aliphatic carbocycles. The highest BCUT2D eigenvalue weighted by molar-refractivity contribution is 8.15. The second kappa shape index (κ2) is 11.6. The Morgan fingerprint density at radius 1 is 1.19 bits per heavy atom. The van der Waals surface area contributed by atoms with Crippen LogP contribution in [0.15, 0.2) is 47.5 Å². The van der Waals surface area contributed by atoms with Gasteiger partial charge in [0.1, 0.15) is 22.4 Å². The summed E-state index contributed by atoms with van der Waals surface area (Å²) in [5.74, 6) is -0.681. The molecule has 2 amide bonds. The van der Waals surface area contributed by atoms with Crippen LogP contribution >= 0.6 is 11.8 Å². The predicted octanol–water partition coefficient (Wildman–Crippen LogP) is 4.66. The summed E-state index contributed by atoms with van der Waals surface area (Å²) < 4.78 is 5.00. The predicted molar refractivity (Wildman–Crippen MR) is 136 cm³/mol. The van der Waals surface area contributed by atoms with Crippen LogP contribution in [-0.4, -0.2) is 50.1 Å². The first-order chi connectivity index (χ1) is 17.2. The van der Waals surface area contributed by atoms with Crippen molar-refractivity contribution in [2.24, 2.45) is 4.99 Å². The molecular formula is C23H25N5O7S. The summed E-state index contributed by atoms with van der Waals surface area (Å²) in [7, 11) is 1.37. The van der Waals surface area contributed by atoms with Gasteiger partial charge in [-0.15, -0.1) is 0 Å². The number of aliphatic imine (C=N–C) groups is 1. The number of hydrogen-bond donors (Lipinski definition) is 1. The van der Waals surface area contributed by atoms with Gasteiger partial charge in [-0.2, -0.15) is 0 Å². The number of nitro groups is 2. The third-order valence-corrected chi connectivity index (χ3v) is 6.61. The number of nitro benzene ring substituents is 2. The SMILES string of the molecule is CCCC(C)N1C(=O)C(CC(=O)Nc2ccc(OC)cc2[N+](=O)[O-])SC1=Nc1ccccc1[N+](=O)[O-]. The quantitative estimate of drug-likeness (QED) is 0.353. The largest absolute Gasteiger partial charge is 0.496 e. The van der Waals surface area contributed by atoms with E-state index in [2.05, 4.69) is 10.3 Å². The molecule has 2 aromatic rings. The first-order valence-corrected chi connectivity index (χ1v) is 12.0. The fraction of sp³-hybridized carbons (Fsp3) is 0.348. The van der Waals surface area contributed by atoms with Gasteiger partial charge in [-0.25, -0.2) is 4.99 Å². The molecule has 1 N–H and O–H groups in total. The van der Waals surface area contributed by atoms with E-state index in [-0.39, 0.29) is 52.0 Å². The number of amidine groups is 1. The molecule has 2 atom stereocenters. The first kappa shape index (κ1) is 26.6. The highest BCUT2D eigenvalue weighted by Crippen LogP contribution is 2.37. The number of carbonyl (C=O) groups is 2. The molecule has 13 heteroatoms. The number of thioether (sulfide) groups is 1. The summed E-state index contributed by atoms with van der Waals surface area (Å²) in [6, 6.07) is 9.73. The molecule has 0 spiro atoms. The van der Waals surface area contributed by atoms with Gasteiger partial charge in [0.2, 0.25) is 11.8 Å². The van der Waals surface area contributed by atoms with Crippen LogP contribution in [0, 0.1) is 20.2 Å². The van der Waals surface area contributed by atoms with Crippen LogP contribution < -0.4 is 10.1 Å². The Bertz CT molecular complexity index is 1220. The van der Waals surface area contributed by atoms with Crippen molar-refractivity contribution in [1.82, 2.24) is 4.90 Å². The van der Waals surface area contributed by atoms with Gasteiger partial charge in [-0.05, 0) is 31.5 Å². The minimum absolute atomic E-state index is 0.0220. The van der Waals surface area contributed by atoms with E-state index >= 15 is 0 Å². The van der Waals surface area contributed by atoms with Crippen LogP contribution in [-0.2, 0) is 9.59 Å².